The molecule has 0 atom stereocenters. The predicted octanol–water partition coefficient (Wildman–Crippen LogP) is 2.10. The Morgan fingerprint density at radius 3 is 2.86 bits per heavy atom. The maximum absolute atomic E-state index is 11.6. The van der Waals surface area contributed by atoms with Crippen molar-refractivity contribution in [2.75, 3.05) is 10.9 Å². The smallest absolute Gasteiger partial charge is 0.364 e. The Bertz CT molecular complexity index is 718. The molecule has 0 aliphatic heterocycles. The Morgan fingerprint density at radius 1 is 1.45 bits per heavy atom. The van der Waals surface area contributed by atoms with Gasteiger partial charge in [-0.1, -0.05) is 0 Å². The van der Waals surface area contributed by atoms with Crippen LogP contribution in [0.1, 0.15) is 32.7 Å². The number of ether oxygens (including phenoxy) is 1. The van der Waals surface area contributed by atoms with Gasteiger partial charge in [-0.25, -0.2) is 9.78 Å². The van der Waals surface area contributed by atoms with Crippen molar-refractivity contribution in [1.82, 2.24) is 9.55 Å². The van der Waals surface area contributed by atoms with E-state index >= 15 is 0 Å². The van der Waals surface area contributed by atoms with Gasteiger partial charge in [0.15, 0.2) is 11.4 Å². The number of anilines is 2. The minimum absolute atomic E-state index is 0.0419. The predicted molar refractivity (Wildman–Crippen MR) is 80.2 cm³/mol. The minimum atomic E-state index is -0.671. The first-order chi connectivity index (χ1) is 10.6. The molecule has 1 aliphatic carbocycles. The minimum Gasteiger partial charge on any atom is -0.505 e. The molecule has 8 heteroatoms. The lowest BCUT2D eigenvalue weighted by Gasteiger charge is -2.15. The molecule has 0 aromatic carbocycles. The fourth-order valence-corrected chi connectivity index (χ4v) is 2.09. The first-order valence-electron chi connectivity index (χ1n) is 7.13. The van der Waals surface area contributed by atoms with Gasteiger partial charge in [0.25, 0.3) is 0 Å². The van der Waals surface area contributed by atoms with Gasteiger partial charge < -0.3 is 14.3 Å². The van der Waals surface area contributed by atoms with Crippen LogP contribution < -0.4 is 21.2 Å². The maximum atomic E-state index is 11.6. The van der Waals surface area contributed by atoms with Crippen molar-refractivity contribution in [3.05, 3.63) is 28.9 Å². The highest BCUT2D eigenvalue weighted by Crippen LogP contribution is 2.41. The summed E-state index contributed by atoms with van der Waals surface area (Å²) in [7, 11) is 0. The number of nitrogens with zero attached hydrogens (tertiary/aromatic N) is 2. The molecule has 2 aromatic heterocycles. The van der Waals surface area contributed by atoms with Gasteiger partial charge in [-0.15, -0.1) is 0 Å². The Kier molecular flexibility index (Phi) is 3.66. The molecule has 3 N–H and O–H groups in total. The van der Waals surface area contributed by atoms with Gasteiger partial charge >= 0.3 is 5.63 Å². The standard InChI is InChI=1S/C14H18N4O4/c1-8(2)22-11-7-15-14(18(11)9-3-4-9)17-16-12-10(19)5-6-21-13(12)20/h5-9,16,19H,3-4H2,1-2H3,(H,15,17). The third-order valence-electron chi connectivity index (χ3n) is 3.19. The van der Waals surface area contributed by atoms with Gasteiger partial charge in [-0.05, 0) is 26.7 Å². The van der Waals surface area contributed by atoms with Crippen molar-refractivity contribution in [3.8, 4) is 11.6 Å². The highest BCUT2D eigenvalue weighted by molar-refractivity contribution is 5.55. The molecule has 1 aliphatic rings. The first-order valence-corrected chi connectivity index (χ1v) is 7.13. The van der Waals surface area contributed by atoms with E-state index in [-0.39, 0.29) is 17.5 Å². The molecular weight excluding hydrogens is 288 g/mol. The van der Waals surface area contributed by atoms with Gasteiger partial charge in [0.1, 0.15) is 0 Å². The van der Waals surface area contributed by atoms with E-state index in [4.69, 9.17) is 9.15 Å². The molecule has 0 spiro atoms. The zero-order valence-corrected chi connectivity index (χ0v) is 12.4. The Balaban J connectivity index is 1.81. The zero-order chi connectivity index (χ0) is 15.7. The number of hydrazine groups is 1. The summed E-state index contributed by atoms with van der Waals surface area (Å²) >= 11 is 0. The Hall–Kier alpha value is -2.64. The monoisotopic (exact) mass is 306 g/mol. The Labute approximate surface area is 126 Å². The van der Waals surface area contributed by atoms with Gasteiger partial charge in [0.2, 0.25) is 11.8 Å². The lowest BCUT2D eigenvalue weighted by Crippen LogP contribution is -2.19. The molecule has 3 rings (SSSR count). The fourth-order valence-electron chi connectivity index (χ4n) is 2.09. The molecule has 0 bridgehead atoms. The number of aromatic hydroxyl groups is 1. The second kappa shape index (κ2) is 5.63. The molecule has 118 valence electrons. The van der Waals surface area contributed by atoms with Gasteiger partial charge in [-0.2, -0.15) is 0 Å². The van der Waals surface area contributed by atoms with E-state index in [2.05, 4.69) is 15.8 Å². The van der Waals surface area contributed by atoms with Crippen LogP contribution in [0.2, 0.25) is 0 Å². The first kappa shape index (κ1) is 14.3. The number of hydrogen-bond acceptors (Lipinski definition) is 7. The molecule has 1 fully saturated rings. The van der Waals surface area contributed by atoms with Crippen LogP contribution in [0.4, 0.5) is 11.6 Å². The molecule has 0 amide bonds. The average Bonchev–Trinajstić information content (AvgIpc) is 3.21. The molecule has 1 saturated carbocycles. The van der Waals surface area contributed by atoms with Crippen molar-refractivity contribution >= 4 is 11.6 Å². The Morgan fingerprint density at radius 2 is 2.23 bits per heavy atom. The largest absolute Gasteiger partial charge is 0.505 e. The second-order valence-corrected chi connectivity index (χ2v) is 5.41. The van der Waals surface area contributed by atoms with Gasteiger partial charge in [0.05, 0.1) is 18.6 Å². The van der Waals surface area contributed by atoms with Crippen molar-refractivity contribution in [2.24, 2.45) is 0 Å². The van der Waals surface area contributed by atoms with Crippen molar-refractivity contribution in [3.63, 3.8) is 0 Å². The topological polar surface area (TPSA) is 102 Å². The van der Waals surface area contributed by atoms with Crippen LogP contribution in [0, 0.1) is 0 Å². The highest BCUT2D eigenvalue weighted by Gasteiger charge is 2.29. The van der Waals surface area contributed by atoms with E-state index in [0.29, 0.717) is 17.9 Å². The average molecular weight is 306 g/mol. The van der Waals surface area contributed by atoms with E-state index in [1.165, 1.54) is 6.07 Å². The van der Waals surface area contributed by atoms with Crippen LogP contribution in [-0.4, -0.2) is 20.8 Å². The number of imidazole rings is 1. The summed E-state index contributed by atoms with van der Waals surface area (Å²) in [6.07, 6.45) is 4.91. The second-order valence-electron chi connectivity index (χ2n) is 5.41. The van der Waals surface area contributed by atoms with E-state index < -0.39 is 5.63 Å². The van der Waals surface area contributed by atoms with E-state index in [1.807, 2.05) is 18.4 Å². The molecular formula is C14H18N4O4. The van der Waals surface area contributed by atoms with Crippen molar-refractivity contribution in [1.29, 1.82) is 0 Å². The fraction of sp³-hybridized carbons (Fsp3) is 0.429. The highest BCUT2D eigenvalue weighted by atomic mass is 16.5. The van der Waals surface area contributed by atoms with E-state index in [0.717, 1.165) is 19.1 Å². The molecule has 0 unspecified atom stereocenters. The normalized spacial score (nSPS) is 14.1. The quantitative estimate of drug-likeness (QED) is 0.702. The summed E-state index contributed by atoms with van der Waals surface area (Å²) in [5, 5.41) is 9.67. The van der Waals surface area contributed by atoms with Crippen LogP contribution in [0.25, 0.3) is 0 Å². The number of nitrogens with one attached hydrogen (secondary N) is 2. The summed E-state index contributed by atoms with van der Waals surface area (Å²) in [5.41, 5.74) is 4.73. The van der Waals surface area contributed by atoms with Crippen molar-refractivity contribution in [2.45, 2.75) is 38.8 Å². The van der Waals surface area contributed by atoms with Crippen LogP contribution >= 0.6 is 0 Å². The molecule has 2 aromatic rings. The maximum Gasteiger partial charge on any atom is 0.364 e. The molecule has 2 heterocycles. The van der Waals surface area contributed by atoms with E-state index in [1.54, 1.807) is 6.20 Å². The molecule has 8 nitrogen and oxygen atoms in total. The lowest BCUT2D eigenvalue weighted by molar-refractivity contribution is 0.222. The number of rotatable bonds is 6. The van der Waals surface area contributed by atoms with E-state index in [9.17, 15) is 9.90 Å². The third-order valence-corrected chi connectivity index (χ3v) is 3.19. The van der Waals surface area contributed by atoms with Crippen LogP contribution in [0.5, 0.6) is 11.6 Å². The molecule has 0 saturated heterocycles. The van der Waals surface area contributed by atoms with Crippen LogP contribution in [-0.2, 0) is 0 Å². The van der Waals surface area contributed by atoms with Crippen LogP contribution in [0.15, 0.2) is 27.7 Å². The third kappa shape index (κ3) is 2.85. The summed E-state index contributed by atoms with van der Waals surface area (Å²) < 4.78 is 12.4. The number of aromatic nitrogens is 2. The summed E-state index contributed by atoms with van der Waals surface area (Å²) in [5.74, 6) is 0.985. The molecule has 22 heavy (non-hydrogen) atoms. The zero-order valence-electron chi connectivity index (χ0n) is 12.4. The summed E-state index contributed by atoms with van der Waals surface area (Å²) in [4.78, 5) is 15.8. The number of hydrogen-bond donors (Lipinski definition) is 3. The summed E-state index contributed by atoms with van der Waals surface area (Å²) in [6, 6.07) is 1.62. The molecule has 0 radical (unpaired) electrons. The SMILES string of the molecule is CC(C)Oc1cnc(NNc2c(O)ccoc2=O)n1C1CC1. The summed E-state index contributed by atoms with van der Waals surface area (Å²) in [6.45, 7) is 3.89. The van der Waals surface area contributed by atoms with Gasteiger partial charge in [0, 0.05) is 12.1 Å². The van der Waals surface area contributed by atoms with Crippen molar-refractivity contribution < 1.29 is 14.3 Å². The van der Waals surface area contributed by atoms with Gasteiger partial charge in [-0.3, -0.25) is 15.4 Å². The van der Waals surface area contributed by atoms with Crippen LogP contribution in [0.3, 0.4) is 0 Å². The lowest BCUT2D eigenvalue weighted by atomic mass is 10.4.